The van der Waals surface area contributed by atoms with E-state index in [1.54, 1.807) is 0 Å². The van der Waals surface area contributed by atoms with Gasteiger partial charge in [-0.15, -0.1) is 0 Å². The van der Waals surface area contributed by atoms with Crippen LogP contribution in [-0.2, 0) is 5.41 Å². The first-order valence-corrected chi connectivity index (χ1v) is 20.8. The van der Waals surface area contributed by atoms with Crippen LogP contribution in [-0.4, -0.2) is 11.1 Å². The first-order valence-electron chi connectivity index (χ1n) is 20.8. The molecule has 0 spiro atoms. The molecule has 3 aromatic heterocycles. The summed E-state index contributed by atoms with van der Waals surface area (Å²) in [6, 6.07) is 68.3. The molecule has 5 heterocycles. The van der Waals surface area contributed by atoms with Crippen molar-refractivity contribution in [2.45, 2.75) is 26.2 Å². The van der Waals surface area contributed by atoms with Gasteiger partial charge in [0, 0.05) is 62.5 Å². The van der Waals surface area contributed by atoms with Gasteiger partial charge in [-0.05, 0) is 113 Å². The van der Waals surface area contributed by atoms with Gasteiger partial charge >= 0.3 is 0 Å². The summed E-state index contributed by atoms with van der Waals surface area (Å²) in [7, 11) is 0. The highest BCUT2D eigenvalue weighted by Gasteiger charge is 2.45. The number of hydrogen-bond acceptors (Lipinski definition) is 4. The Hall–Kier alpha value is -7.44. The van der Waals surface area contributed by atoms with Gasteiger partial charge in [-0.25, -0.2) is 0 Å². The van der Waals surface area contributed by atoms with Gasteiger partial charge in [0.2, 0.25) is 0 Å². The molecular formula is C54H41BN4O. The van der Waals surface area contributed by atoms with Crippen molar-refractivity contribution in [2.24, 2.45) is 0 Å². The fraction of sp³-hybridized carbons (Fsp3) is 0.0741. The van der Waals surface area contributed by atoms with Gasteiger partial charge in [-0.2, -0.15) is 0 Å². The second-order valence-corrected chi connectivity index (χ2v) is 17.0. The van der Waals surface area contributed by atoms with Crippen molar-refractivity contribution in [3.63, 3.8) is 0 Å². The Morgan fingerprint density at radius 3 is 1.95 bits per heavy atom. The van der Waals surface area contributed by atoms with Crippen LogP contribution in [0.2, 0.25) is 0 Å². The second-order valence-electron chi connectivity index (χ2n) is 17.0. The SMILES string of the molecule is CC(C)(C)c1ccc(N(c2ccccc2)c2ccc3c(c2)N(c2ccccc2)c2cccc4c2B3c2cc3ccccn3c2N4c2ccccc2)c2c1oc1ccccc12. The van der Waals surface area contributed by atoms with Gasteiger partial charge in [0.25, 0.3) is 6.71 Å². The Kier molecular flexibility index (Phi) is 7.52. The van der Waals surface area contributed by atoms with Gasteiger partial charge in [0.05, 0.1) is 11.1 Å². The van der Waals surface area contributed by atoms with Crippen LogP contribution in [0.3, 0.4) is 0 Å². The molecule has 0 aliphatic carbocycles. The van der Waals surface area contributed by atoms with E-state index >= 15 is 0 Å². The summed E-state index contributed by atoms with van der Waals surface area (Å²) in [4.78, 5) is 7.36. The van der Waals surface area contributed by atoms with E-state index in [9.17, 15) is 0 Å². The summed E-state index contributed by atoms with van der Waals surface area (Å²) >= 11 is 0. The van der Waals surface area contributed by atoms with Crippen LogP contribution >= 0.6 is 0 Å². The molecule has 5 nitrogen and oxygen atoms in total. The lowest BCUT2D eigenvalue weighted by atomic mass is 9.34. The third kappa shape index (κ3) is 5.07. The molecule has 60 heavy (non-hydrogen) atoms. The van der Waals surface area contributed by atoms with Crippen molar-refractivity contribution in [2.75, 3.05) is 14.7 Å². The predicted molar refractivity (Wildman–Crippen MR) is 252 cm³/mol. The molecule has 10 aromatic rings. The summed E-state index contributed by atoms with van der Waals surface area (Å²) in [5.74, 6) is 1.17. The molecule has 0 unspecified atom stereocenters. The highest BCUT2D eigenvalue weighted by atomic mass is 16.3. The quantitative estimate of drug-likeness (QED) is 0.163. The smallest absolute Gasteiger partial charge is 0.254 e. The molecule has 0 N–H and O–H groups in total. The maximum Gasteiger partial charge on any atom is 0.254 e. The Morgan fingerprint density at radius 1 is 0.533 bits per heavy atom. The van der Waals surface area contributed by atoms with Crippen LogP contribution in [0.1, 0.15) is 26.3 Å². The second kappa shape index (κ2) is 13.0. The maximum absolute atomic E-state index is 6.78. The van der Waals surface area contributed by atoms with Crippen LogP contribution in [0.4, 0.5) is 51.3 Å². The number of furan rings is 1. The van der Waals surface area contributed by atoms with E-state index in [1.807, 2.05) is 0 Å². The lowest BCUT2D eigenvalue weighted by Gasteiger charge is -2.43. The van der Waals surface area contributed by atoms with Crippen molar-refractivity contribution < 1.29 is 4.42 Å². The fourth-order valence-electron chi connectivity index (χ4n) is 9.92. The Morgan fingerprint density at radius 2 is 1.20 bits per heavy atom. The van der Waals surface area contributed by atoms with Crippen molar-refractivity contribution in [1.29, 1.82) is 0 Å². The largest absolute Gasteiger partial charge is 0.456 e. The van der Waals surface area contributed by atoms with Crippen molar-refractivity contribution in [1.82, 2.24) is 4.40 Å². The minimum atomic E-state index is -0.116. The van der Waals surface area contributed by atoms with Crippen molar-refractivity contribution in [3.05, 3.63) is 200 Å². The molecule has 2 aliphatic heterocycles. The Bertz CT molecular complexity index is 3280. The van der Waals surface area contributed by atoms with Crippen LogP contribution in [0, 0.1) is 0 Å². The molecule has 2 aliphatic rings. The molecule has 0 fully saturated rings. The molecule has 0 radical (unpaired) electrons. The number of anilines is 9. The first kappa shape index (κ1) is 34.6. The highest BCUT2D eigenvalue weighted by Crippen LogP contribution is 2.49. The van der Waals surface area contributed by atoms with Crippen LogP contribution in [0.5, 0.6) is 0 Å². The number of benzene rings is 7. The summed E-state index contributed by atoms with van der Waals surface area (Å²) in [6.07, 6.45) is 2.20. The molecule has 0 bridgehead atoms. The molecule has 6 heteroatoms. The summed E-state index contributed by atoms with van der Waals surface area (Å²) < 4.78 is 9.14. The lowest BCUT2D eigenvalue weighted by Crippen LogP contribution is -2.61. The normalized spacial score (nSPS) is 13.2. The minimum Gasteiger partial charge on any atom is -0.456 e. The third-order valence-corrected chi connectivity index (χ3v) is 12.5. The maximum atomic E-state index is 6.78. The number of pyridine rings is 1. The van der Waals surface area contributed by atoms with E-state index in [1.165, 1.54) is 44.7 Å². The summed E-state index contributed by atoms with van der Waals surface area (Å²) in [5, 5.41) is 2.23. The van der Waals surface area contributed by atoms with Crippen LogP contribution < -0.4 is 31.1 Å². The van der Waals surface area contributed by atoms with E-state index in [0.717, 1.165) is 56.1 Å². The first-order chi connectivity index (χ1) is 29.4. The number of hydrogen-bond donors (Lipinski definition) is 0. The standard InChI is InChI=1S/C54H41BN4O/c1-54(2,3)42-30-32-45(50-41-25-13-14-28-49(41)60-52(42)50)57(36-18-7-4-8-19-36)40-29-31-43-48(35-40)58(37-20-9-5-10-21-37)46-26-17-27-47-51(46)55(43)44-34-39-24-15-16-33-56(39)53(44)59(47)38-22-11-6-12-23-38/h4-35H,1-3H3. The number of aromatic nitrogens is 1. The zero-order valence-electron chi connectivity index (χ0n) is 33.7. The van der Waals surface area contributed by atoms with Gasteiger partial charge in [0.1, 0.15) is 17.0 Å². The van der Waals surface area contributed by atoms with Gasteiger partial charge in [0.15, 0.2) is 0 Å². The molecule has 0 atom stereocenters. The lowest BCUT2D eigenvalue weighted by molar-refractivity contribution is 0.573. The molecule has 12 rings (SSSR count). The Balaban J connectivity index is 1.15. The van der Waals surface area contributed by atoms with E-state index in [4.69, 9.17) is 4.42 Å². The van der Waals surface area contributed by atoms with Crippen molar-refractivity contribution >= 4 is 102 Å². The monoisotopic (exact) mass is 772 g/mol. The predicted octanol–water partition coefficient (Wildman–Crippen LogP) is 12.7. The number of rotatable bonds is 5. The van der Waals surface area contributed by atoms with Crippen LogP contribution in [0.15, 0.2) is 199 Å². The minimum absolute atomic E-state index is 0.00385. The van der Waals surface area contributed by atoms with E-state index in [2.05, 4.69) is 234 Å². The molecule has 0 saturated carbocycles. The van der Waals surface area contributed by atoms with Gasteiger partial charge in [-0.1, -0.05) is 118 Å². The van der Waals surface area contributed by atoms with Gasteiger partial charge in [-0.3, -0.25) is 4.90 Å². The molecule has 7 aromatic carbocycles. The number of fused-ring (bicyclic) bond motifs is 9. The van der Waals surface area contributed by atoms with E-state index in [0.29, 0.717) is 0 Å². The highest BCUT2D eigenvalue weighted by molar-refractivity contribution is 7.00. The molecule has 0 saturated heterocycles. The topological polar surface area (TPSA) is 27.3 Å². The average Bonchev–Trinajstić information content (AvgIpc) is 3.86. The molecule has 0 amide bonds. The van der Waals surface area contributed by atoms with Crippen LogP contribution in [0.25, 0.3) is 27.5 Å². The zero-order valence-corrected chi connectivity index (χ0v) is 33.7. The number of para-hydroxylation sites is 4. The van der Waals surface area contributed by atoms with E-state index < -0.39 is 0 Å². The molecule has 286 valence electrons. The van der Waals surface area contributed by atoms with Crippen molar-refractivity contribution in [3.8, 4) is 0 Å². The summed E-state index contributed by atoms with van der Waals surface area (Å²) in [5.41, 5.74) is 16.9. The molecular weight excluding hydrogens is 731 g/mol. The average molecular weight is 773 g/mol. The fourth-order valence-corrected chi connectivity index (χ4v) is 9.92. The number of nitrogens with zero attached hydrogens (tertiary/aromatic N) is 4. The van der Waals surface area contributed by atoms with Gasteiger partial charge < -0.3 is 18.6 Å². The third-order valence-electron chi connectivity index (χ3n) is 12.5. The zero-order chi connectivity index (χ0) is 40.1. The Labute approximate surface area is 350 Å². The van der Waals surface area contributed by atoms with E-state index in [-0.39, 0.29) is 12.1 Å². The summed E-state index contributed by atoms with van der Waals surface area (Å²) in [6.45, 7) is 6.78.